The fraction of sp³-hybridized carbons (Fsp3) is 1.00. The molecule has 3 atom stereocenters. The van der Waals surface area contributed by atoms with Crippen molar-refractivity contribution in [1.29, 1.82) is 0 Å². The Labute approximate surface area is 118 Å². The average molecular weight is 288 g/mol. The Bertz CT molecular complexity index is 388. The van der Waals surface area contributed by atoms with Gasteiger partial charge in [-0.2, -0.15) is 17.4 Å². The molecule has 0 radical (unpaired) electrons. The van der Waals surface area contributed by atoms with Gasteiger partial charge in [0.25, 0.3) is 10.2 Å². The van der Waals surface area contributed by atoms with Crippen LogP contribution in [0.5, 0.6) is 0 Å². The Morgan fingerprint density at radius 2 is 1.63 bits per heavy atom. The summed E-state index contributed by atoms with van der Waals surface area (Å²) in [5.74, 6) is 1.70. The zero-order valence-corrected chi connectivity index (χ0v) is 13.2. The van der Waals surface area contributed by atoms with Gasteiger partial charge in [-0.15, -0.1) is 0 Å². The van der Waals surface area contributed by atoms with Gasteiger partial charge < -0.3 is 0 Å². The Kier molecular flexibility index (Phi) is 4.90. The number of hydrogen-bond donors (Lipinski definition) is 1. The molecule has 0 aromatic carbocycles. The van der Waals surface area contributed by atoms with Gasteiger partial charge in [0.05, 0.1) is 0 Å². The van der Waals surface area contributed by atoms with Gasteiger partial charge in [0.15, 0.2) is 0 Å². The van der Waals surface area contributed by atoms with Crippen molar-refractivity contribution in [3.63, 3.8) is 0 Å². The Hall–Kier alpha value is -0.130. The highest BCUT2D eigenvalue weighted by Gasteiger charge is 2.33. The lowest BCUT2D eigenvalue weighted by atomic mass is 9.78. The van der Waals surface area contributed by atoms with E-state index in [1.807, 2.05) is 0 Å². The van der Waals surface area contributed by atoms with Gasteiger partial charge in [-0.25, -0.2) is 0 Å². The molecule has 1 N–H and O–H groups in total. The van der Waals surface area contributed by atoms with Gasteiger partial charge in [-0.1, -0.05) is 33.6 Å². The number of nitrogens with zero attached hydrogens (tertiary/aromatic N) is 1. The topological polar surface area (TPSA) is 49.4 Å². The highest BCUT2D eigenvalue weighted by atomic mass is 32.2. The predicted molar refractivity (Wildman–Crippen MR) is 78.0 cm³/mol. The van der Waals surface area contributed by atoms with Crippen molar-refractivity contribution in [3.05, 3.63) is 0 Å². The van der Waals surface area contributed by atoms with E-state index in [0.29, 0.717) is 30.8 Å². The SMILES string of the molecule is CC1CCN(S(=O)(=O)N[C@@H]2CCC[C@@H](C)[C@@H]2C)CC1. The molecule has 0 amide bonds. The van der Waals surface area contributed by atoms with Crippen LogP contribution >= 0.6 is 0 Å². The lowest BCUT2D eigenvalue weighted by Crippen LogP contribution is -2.51. The monoisotopic (exact) mass is 288 g/mol. The van der Waals surface area contributed by atoms with Gasteiger partial charge >= 0.3 is 0 Å². The fourth-order valence-corrected chi connectivity index (χ4v) is 4.80. The minimum atomic E-state index is -3.28. The van der Waals surface area contributed by atoms with Crippen LogP contribution in [0.1, 0.15) is 52.9 Å². The lowest BCUT2D eigenvalue weighted by Gasteiger charge is -2.37. The molecule has 1 aliphatic carbocycles. The molecule has 0 aromatic heterocycles. The van der Waals surface area contributed by atoms with Crippen LogP contribution in [0.25, 0.3) is 0 Å². The van der Waals surface area contributed by atoms with E-state index in [2.05, 4.69) is 25.5 Å². The van der Waals surface area contributed by atoms with Crippen molar-refractivity contribution >= 4 is 10.2 Å². The minimum Gasteiger partial charge on any atom is -0.199 e. The first-order valence-corrected chi connectivity index (χ1v) is 9.11. The van der Waals surface area contributed by atoms with Crippen molar-refractivity contribution in [3.8, 4) is 0 Å². The zero-order chi connectivity index (χ0) is 14.0. The highest BCUT2D eigenvalue weighted by Crippen LogP contribution is 2.30. The lowest BCUT2D eigenvalue weighted by molar-refractivity contribution is 0.219. The normalized spacial score (nSPS) is 35.4. The highest BCUT2D eigenvalue weighted by molar-refractivity contribution is 7.87. The molecule has 1 heterocycles. The number of piperidine rings is 1. The molecule has 112 valence electrons. The third-order valence-electron chi connectivity index (χ3n) is 5.09. The van der Waals surface area contributed by atoms with Gasteiger partial charge in [-0.3, -0.25) is 0 Å². The van der Waals surface area contributed by atoms with Crippen molar-refractivity contribution in [1.82, 2.24) is 9.03 Å². The van der Waals surface area contributed by atoms with Gasteiger partial charge in [0, 0.05) is 19.1 Å². The van der Waals surface area contributed by atoms with Crippen molar-refractivity contribution in [2.75, 3.05) is 13.1 Å². The summed E-state index contributed by atoms with van der Waals surface area (Å²) in [6.07, 6.45) is 5.31. The maximum Gasteiger partial charge on any atom is 0.279 e. The molecule has 1 saturated heterocycles. The summed E-state index contributed by atoms with van der Waals surface area (Å²) >= 11 is 0. The summed E-state index contributed by atoms with van der Waals surface area (Å²) in [5, 5.41) is 0. The molecule has 5 heteroatoms. The van der Waals surface area contributed by atoms with E-state index in [9.17, 15) is 8.42 Å². The molecule has 19 heavy (non-hydrogen) atoms. The molecular formula is C14H28N2O2S. The second-order valence-corrected chi connectivity index (χ2v) is 8.28. The summed E-state index contributed by atoms with van der Waals surface area (Å²) < 4.78 is 29.5. The molecule has 4 nitrogen and oxygen atoms in total. The van der Waals surface area contributed by atoms with Crippen molar-refractivity contribution < 1.29 is 8.42 Å². The van der Waals surface area contributed by atoms with Crippen LogP contribution in [-0.4, -0.2) is 31.9 Å². The predicted octanol–water partition coefficient (Wildman–Crippen LogP) is 2.38. The van der Waals surface area contributed by atoms with Crippen LogP contribution in [0.3, 0.4) is 0 Å². The largest absolute Gasteiger partial charge is 0.279 e. The summed E-state index contributed by atoms with van der Waals surface area (Å²) in [5.41, 5.74) is 0. The molecule has 1 aliphatic heterocycles. The molecule has 2 rings (SSSR count). The molecular weight excluding hydrogens is 260 g/mol. The maximum absolute atomic E-state index is 12.4. The van der Waals surface area contributed by atoms with Crippen molar-refractivity contribution in [2.45, 2.75) is 58.9 Å². The van der Waals surface area contributed by atoms with Gasteiger partial charge in [-0.05, 0) is 37.0 Å². The second-order valence-electron chi connectivity index (χ2n) is 6.58. The summed E-state index contributed by atoms with van der Waals surface area (Å²) in [4.78, 5) is 0. The average Bonchev–Trinajstić information content (AvgIpc) is 2.35. The van der Waals surface area contributed by atoms with Crippen LogP contribution < -0.4 is 4.72 Å². The Balaban J connectivity index is 1.96. The second kappa shape index (κ2) is 6.10. The molecule has 1 saturated carbocycles. The number of hydrogen-bond acceptors (Lipinski definition) is 2. The Morgan fingerprint density at radius 3 is 2.26 bits per heavy atom. The van der Waals surface area contributed by atoms with Crippen LogP contribution in [0.2, 0.25) is 0 Å². The molecule has 0 unspecified atom stereocenters. The number of nitrogens with one attached hydrogen (secondary N) is 1. The van der Waals surface area contributed by atoms with E-state index in [1.165, 1.54) is 6.42 Å². The standard InChI is InChI=1S/C14H28N2O2S/c1-11-7-9-16(10-8-11)19(17,18)15-14-6-4-5-12(2)13(14)3/h11-15H,4-10H2,1-3H3/t12-,13+,14-/m1/s1. The van der Waals surface area contributed by atoms with Crippen LogP contribution in [-0.2, 0) is 10.2 Å². The van der Waals surface area contributed by atoms with Crippen LogP contribution in [0.15, 0.2) is 0 Å². The fourth-order valence-electron chi connectivity index (χ4n) is 3.24. The van der Waals surface area contributed by atoms with E-state index in [-0.39, 0.29) is 6.04 Å². The van der Waals surface area contributed by atoms with Crippen molar-refractivity contribution in [2.24, 2.45) is 17.8 Å². The van der Waals surface area contributed by atoms with E-state index in [0.717, 1.165) is 25.7 Å². The van der Waals surface area contributed by atoms with Gasteiger partial charge in [0.2, 0.25) is 0 Å². The number of rotatable bonds is 3. The molecule has 2 aliphatic rings. The third-order valence-corrected chi connectivity index (χ3v) is 6.74. The quantitative estimate of drug-likeness (QED) is 0.867. The van der Waals surface area contributed by atoms with Crippen LogP contribution in [0, 0.1) is 17.8 Å². The Morgan fingerprint density at radius 1 is 1.00 bits per heavy atom. The zero-order valence-electron chi connectivity index (χ0n) is 12.4. The first-order valence-electron chi connectivity index (χ1n) is 7.67. The first-order chi connectivity index (χ1) is 8.90. The van der Waals surface area contributed by atoms with Gasteiger partial charge in [0.1, 0.15) is 0 Å². The minimum absolute atomic E-state index is 0.119. The molecule has 0 aromatic rings. The molecule has 0 bridgehead atoms. The summed E-state index contributed by atoms with van der Waals surface area (Å²) in [6, 6.07) is 0.119. The smallest absolute Gasteiger partial charge is 0.199 e. The van der Waals surface area contributed by atoms with E-state index in [1.54, 1.807) is 4.31 Å². The van der Waals surface area contributed by atoms with Crippen LogP contribution in [0.4, 0.5) is 0 Å². The third kappa shape index (κ3) is 3.70. The molecule has 0 spiro atoms. The first kappa shape index (κ1) is 15.3. The van der Waals surface area contributed by atoms with E-state index in [4.69, 9.17) is 0 Å². The van der Waals surface area contributed by atoms with E-state index < -0.39 is 10.2 Å². The molecule has 2 fully saturated rings. The summed E-state index contributed by atoms with van der Waals surface area (Å²) in [7, 11) is -3.28. The maximum atomic E-state index is 12.4. The summed E-state index contributed by atoms with van der Waals surface area (Å²) in [6.45, 7) is 7.95. The van der Waals surface area contributed by atoms with E-state index >= 15 is 0 Å².